The Hall–Kier alpha value is -6.17. The number of fused-ring (bicyclic) bond motifs is 2. The van der Waals surface area contributed by atoms with Crippen LogP contribution in [0.1, 0.15) is 26.3 Å². The highest BCUT2D eigenvalue weighted by molar-refractivity contribution is 6.02. The van der Waals surface area contributed by atoms with Gasteiger partial charge in [0.15, 0.2) is 11.5 Å². The third kappa shape index (κ3) is 5.76. The zero-order valence-corrected chi connectivity index (χ0v) is 23.9. The van der Waals surface area contributed by atoms with Crippen LogP contribution in [0.4, 0.5) is 5.69 Å². The molecule has 2 amide bonds. The van der Waals surface area contributed by atoms with Crippen LogP contribution >= 0.6 is 0 Å². The van der Waals surface area contributed by atoms with Crippen molar-refractivity contribution in [3.63, 3.8) is 0 Å². The number of nitrogens with one attached hydrogen (secondary N) is 2. The topological polar surface area (TPSA) is 147 Å². The second kappa shape index (κ2) is 12.2. The monoisotopic (exact) mass is 606 g/mol. The first-order valence-electron chi connectivity index (χ1n) is 13.8. The van der Waals surface area contributed by atoms with E-state index in [1.165, 1.54) is 37.4 Å². The lowest BCUT2D eigenvalue weighted by molar-refractivity contribution is -0.116. The maximum absolute atomic E-state index is 13.8. The van der Waals surface area contributed by atoms with Gasteiger partial charge in [0.2, 0.25) is 12.7 Å². The van der Waals surface area contributed by atoms with Gasteiger partial charge in [0.25, 0.3) is 11.5 Å². The van der Waals surface area contributed by atoms with Gasteiger partial charge in [0.1, 0.15) is 6.54 Å². The number of para-hydroxylation sites is 2. The number of carbonyl (C=O) groups excluding carboxylic acids is 3. The summed E-state index contributed by atoms with van der Waals surface area (Å²) in [6, 6.07) is 24.2. The standard InChI is InChI=1S/C33H26N4O8/c1-43-32(41)23-9-5-6-10-25(23)35-29(38)18-36-26-16-21(30(39)34-17-20-11-14-27-28(15-20)45-19-44-27)12-13-24(26)31(40)37(33(36)42)22-7-3-2-4-8-22/h2-16H,17-19H2,1H3,(H,34,39)(H,35,38). The normalized spacial score (nSPS) is 11.7. The molecule has 1 aliphatic heterocycles. The summed E-state index contributed by atoms with van der Waals surface area (Å²) in [7, 11) is 1.22. The third-order valence-corrected chi connectivity index (χ3v) is 7.22. The molecule has 0 saturated carbocycles. The number of hydrogen-bond donors (Lipinski definition) is 2. The Balaban J connectivity index is 1.36. The second-order valence-electron chi connectivity index (χ2n) is 10.0. The molecule has 1 aromatic heterocycles. The van der Waals surface area contributed by atoms with E-state index in [1.54, 1.807) is 60.7 Å². The quantitative estimate of drug-likeness (QED) is 0.256. The molecule has 226 valence electrons. The minimum absolute atomic E-state index is 0.0873. The Labute approximate surface area is 255 Å². The molecule has 0 aliphatic carbocycles. The van der Waals surface area contributed by atoms with E-state index >= 15 is 0 Å². The fraction of sp³-hybridized carbons (Fsp3) is 0.121. The molecular weight excluding hydrogens is 580 g/mol. The largest absolute Gasteiger partial charge is 0.465 e. The highest BCUT2D eigenvalue weighted by Crippen LogP contribution is 2.32. The zero-order valence-electron chi connectivity index (χ0n) is 23.9. The predicted molar refractivity (Wildman–Crippen MR) is 164 cm³/mol. The van der Waals surface area contributed by atoms with Gasteiger partial charge in [-0.25, -0.2) is 14.2 Å². The second-order valence-corrected chi connectivity index (χ2v) is 10.0. The molecule has 0 unspecified atom stereocenters. The van der Waals surface area contributed by atoms with E-state index in [-0.39, 0.29) is 41.1 Å². The molecule has 12 nitrogen and oxygen atoms in total. The molecule has 12 heteroatoms. The van der Waals surface area contributed by atoms with E-state index in [0.717, 1.165) is 14.7 Å². The molecule has 6 rings (SSSR count). The molecule has 5 aromatic rings. The smallest absolute Gasteiger partial charge is 0.339 e. The highest BCUT2D eigenvalue weighted by atomic mass is 16.7. The van der Waals surface area contributed by atoms with Crippen LogP contribution in [0.3, 0.4) is 0 Å². The van der Waals surface area contributed by atoms with Crippen molar-refractivity contribution in [1.82, 2.24) is 14.5 Å². The summed E-state index contributed by atoms with van der Waals surface area (Å²) in [6.07, 6.45) is 0. The van der Waals surface area contributed by atoms with Crippen molar-refractivity contribution < 1.29 is 28.6 Å². The van der Waals surface area contributed by atoms with Crippen LogP contribution in [0.15, 0.2) is 101 Å². The molecule has 1 aliphatic rings. The lowest BCUT2D eigenvalue weighted by Crippen LogP contribution is -2.41. The fourth-order valence-electron chi connectivity index (χ4n) is 5.01. The van der Waals surface area contributed by atoms with E-state index in [9.17, 15) is 24.0 Å². The van der Waals surface area contributed by atoms with Crippen molar-refractivity contribution in [2.45, 2.75) is 13.1 Å². The van der Waals surface area contributed by atoms with Gasteiger partial charge in [-0.1, -0.05) is 36.4 Å². The zero-order chi connectivity index (χ0) is 31.5. The summed E-state index contributed by atoms with van der Waals surface area (Å²) in [5, 5.41) is 5.59. The van der Waals surface area contributed by atoms with Crippen LogP contribution < -0.4 is 31.4 Å². The van der Waals surface area contributed by atoms with Crippen molar-refractivity contribution in [1.29, 1.82) is 0 Å². The molecule has 2 heterocycles. The van der Waals surface area contributed by atoms with Gasteiger partial charge < -0.3 is 24.8 Å². The number of esters is 1. The molecule has 0 bridgehead atoms. The molecule has 0 atom stereocenters. The Morgan fingerprint density at radius 2 is 1.62 bits per heavy atom. The number of methoxy groups -OCH3 is 1. The third-order valence-electron chi connectivity index (χ3n) is 7.22. The van der Waals surface area contributed by atoms with Gasteiger partial charge in [-0.3, -0.25) is 19.0 Å². The van der Waals surface area contributed by atoms with E-state index in [2.05, 4.69) is 10.6 Å². The number of anilines is 1. The number of carbonyl (C=O) groups is 3. The average molecular weight is 607 g/mol. The van der Waals surface area contributed by atoms with Crippen molar-refractivity contribution in [2.24, 2.45) is 0 Å². The van der Waals surface area contributed by atoms with Crippen LogP contribution in [0, 0.1) is 0 Å². The molecule has 0 spiro atoms. The molecule has 45 heavy (non-hydrogen) atoms. The summed E-state index contributed by atoms with van der Waals surface area (Å²) < 4.78 is 17.6. The summed E-state index contributed by atoms with van der Waals surface area (Å²) in [4.78, 5) is 66.2. The average Bonchev–Trinajstić information content (AvgIpc) is 3.54. The number of nitrogens with zero attached hydrogens (tertiary/aromatic N) is 2. The minimum Gasteiger partial charge on any atom is -0.465 e. The van der Waals surface area contributed by atoms with Crippen LogP contribution in [0.2, 0.25) is 0 Å². The lowest BCUT2D eigenvalue weighted by atomic mass is 10.1. The summed E-state index contributed by atoms with van der Waals surface area (Å²) >= 11 is 0. The van der Waals surface area contributed by atoms with E-state index in [4.69, 9.17) is 14.2 Å². The fourth-order valence-corrected chi connectivity index (χ4v) is 5.01. The van der Waals surface area contributed by atoms with Crippen LogP contribution in [-0.4, -0.2) is 40.8 Å². The first-order valence-corrected chi connectivity index (χ1v) is 13.8. The number of amides is 2. The first kappa shape index (κ1) is 28.9. The van der Waals surface area contributed by atoms with Crippen molar-refractivity contribution >= 4 is 34.4 Å². The Kier molecular flexibility index (Phi) is 7.85. The van der Waals surface area contributed by atoms with Crippen LogP contribution in [-0.2, 0) is 22.6 Å². The first-order chi connectivity index (χ1) is 21.8. The van der Waals surface area contributed by atoms with Gasteiger partial charge in [0, 0.05) is 12.1 Å². The van der Waals surface area contributed by atoms with E-state index in [1.807, 2.05) is 0 Å². The predicted octanol–water partition coefficient (Wildman–Crippen LogP) is 3.24. The maximum Gasteiger partial charge on any atom is 0.339 e. The summed E-state index contributed by atoms with van der Waals surface area (Å²) in [5.74, 6) is -0.555. The SMILES string of the molecule is COC(=O)c1ccccc1NC(=O)Cn1c(=O)n(-c2ccccc2)c(=O)c2ccc(C(=O)NCc3ccc4c(c3)OCO4)cc21. The van der Waals surface area contributed by atoms with Crippen molar-refractivity contribution in [3.8, 4) is 17.2 Å². The maximum atomic E-state index is 13.8. The molecule has 2 N–H and O–H groups in total. The van der Waals surface area contributed by atoms with Gasteiger partial charge in [0.05, 0.1) is 35.0 Å². The van der Waals surface area contributed by atoms with Gasteiger partial charge in [-0.15, -0.1) is 0 Å². The van der Waals surface area contributed by atoms with Gasteiger partial charge >= 0.3 is 11.7 Å². The Morgan fingerprint density at radius 3 is 2.42 bits per heavy atom. The minimum atomic E-state index is -0.784. The Morgan fingerprint density at radius 1 is 0.867 bits per heavy atom. The van der Waals surface area contributed by atoms with E-state index in [0.29, 0.717) is 17.2 Å². The number of benzene rings is 4. The van der Waals surface area contributed by atoms with E-state index < -0.39 is 35.6 Å². The number of rotatable bonds is 8. The number of hydrogen-bond acceptors (Lipinski definition) is 8. The Bertz CT molecular complexity index is 2090. The molecular formula is C33H26N4O8. The van der Waals surface area contributed by atoms with Crippen LogP contribution in [0.5, 0.6) is 11.5 Å². The summed E-state index contributed by atoms with van der Waals surface area (Å²) in [5.41, 5.74) is 0.265. The highest BCUT2D eigenvalue weighted by Gasteiger charge is 2.20. The van der Waals surface area contributed by atoms with Crippen molar-refractivity contribution in [2.75, 3.05) is 19.2 Å². The molecule has 0 radical (unpaired) electrons. The summed E-state index contributed by atoms with van der Waals surface area (Å²) in [6.45, 7) is -0.218. The molecule has 0 saturated heterocycles. The molecule has 0 fully saturated rings. The molecule has 4 aromatic carbocycles. The number of ether oxygens (including phenoxy) is 3. The number of aromatic nitrogens is 2. The van der Waals surface area contributed by atoms with Gasteiger partial charge in [-0.2, -0.15) is 0 Å². The van der Waals surface area contributed by atoms with Crippen LogP contribution in [0.25, 0.3) is 16.6 Å². The van der Waals surface area contributed by atoms with Gasteiger partial charge in [-0.05, 0) is 60.2 Å². The van der Waals surface area contributed by atoms with Crippen molar-refractivity contribution in [3.05, 3.63) is 129 Å². The lowest BCUT2D eigenvalue weighted by Gasteiger charge is -2.16.